The molecule has 6 nitrogen and oxygen atoms in total. The van der Waals surface area contributed by atoms with E-state index in [2.05, 4.69) is 51.4 Å². The van der Waals surface area contributed by atoms with Crippen molar-refractivity contribution in [3.8, 4) is 5.75 Å². The summed E-state index contributed by atoms with van der Waals surface area (Å²) in [5.74, 6) is -0.318. The number of hydrogen-bond donors (Lipinski definition) is 2. The number of rotatable bonds is 5. The molecule has 1 aliphatic rings. The number of anilines is 2. The largest absolute Gasteiger partial charge is 0.494 e. The molecule has 0 aliphatic carbocycles. The lowest BCUT2D eigenvalue weighted by atomic mass is 10.1. The number of sulfonamides is 1. The standard InChI is InChI=1S/C19H23FIN3O3S/c1-12-10-24(11-13(2)22-12)18-9-17(16(20)8-19(18)27-3)23-28(25,26)15-6-4-14(21)5-7-15/h4-9,12-13,22-23H,10-11H2,1-3H3/t12-,13+. The van der Waals surface area contributed by atoms with Crippen LogP contribution in [0.25, 0.3) is 0 Å². The molecule has 2 N–H and O–H groups in total. The van der Waals surface area contributed by atoms with E-state index >= 15 is 0 Å². The van der Waals surface area contributed by atoms with E-state index in [1.807, 2.05) is 0 Å². The van der Waals surface area contributed by atoms with Crippen LogP contribution in [0.2, 0.25) is 0 Å². The monoisotopic (exact) mass is 519 g/mol. The molecule has 2 atom stereocenters. The third-order valence-corrected chi connectivity index (χ3v) is 6.64. The molecule has 0 saturated carbocycles. The van der Waals surface area contributed by atoms with Crippen molar-refractivity contribution < 1.29 is 17.5 Å². The number of piperazine rings is 1. The molecule has 2 aromatic rings. The summed E-state index contributed by atoms with van der Waals surface area (Å²) in [6.45, 7) is 5.55. The van der Waals surface area contributed by atoms with Gasteiger partial charge in [0.1, 0.15) is 5.75 Å². The first-order valence-corrected chi connectivity index (χ1v) is 11.4. The van der Waals surface area contributed by atoms with E-state index in [-0.39, 0.29) is 22.7 Å². The van der Waals surface area contributed by atoms with Gasteiger partial charge in [-0.3, -0.25) is 4.72 Å². The van der Waals surface area contributed by atoms with Gasteiger partial charge in [0.15, 0.2) is 5.82 Å². The van der Waals surface area contributed by atoms with Gasteiger partial charge in [-0.2, -0.15) is 0 Å². The van der Waals surface area contributed by atoms with Crippen molar-refractivity contribution in [3.63, 3.8) is 0 Å². The summed E-state index contributed by atoms with van der Waals surface area (Å²) in [7, 11) is -2.43. The van der Waals surface area contributed by atoms with Crippen molar-refractivity contribution >= 4 is 44.0 Å². The highest BCUT2D eigenvalue weighted by atomic mass is 127. The van der Waals surface area contributed by atoms with Gasteiger partial charge >= 0.3 is 0 Å². The highest BCUT2D eigenvalue weighted by Crippen LogP contribution is 2.35. The van der Waals surface area contributed by atoms with Crippen molar-refractivity contribution in [2.24, 2.45) is 0 Å². The van der Waals surface area contributed by atoms with E-state index in [1.54, 1.807) is 12.1 Å². The number of ether oxygens (including phenoxy) is 1. The quantitative estimate of drug-likeness (QED) is 0.593. The zero-order chi connectivity index (χ0) is 20.5. The minimum atomic E-state index is -3.91. The van der Waals surface area contributed by atoms with Crippen molar-refractivity contribution in [3.05, 3.63) is 45.8 Å². The molecule has 0 radical (unpaired) electrons. The molecule has 0 bridgehead atoms. The number of nitrogens with one attached hydrogen (secondary N) is 2. The minimum Gasteiger partial charge on any atom is -0.494 e. The van der Waals surface area contributed by atoms with Crippen LogP contribution in [0.4, 0.5) is 15.8 Å². The first-order valence-electron chi connectivity index (χ1n) is 8.86. The Morgan fingerprint density at radius 2 is 1.79 bits per heavy atom. The molecule has 0 unspecified atom stereocenters. The van der Waals surface area contributed by atoms with E-state index in [4.69, 9.17) is 4.74 Å². The van der Waals surface area contributed by atoms with E-state index in [1.165, 1.54) is 31.4 Å². The maximum Gasteiger partial charge on any atom is 0.261 e. The summed E-state index contributed by atoms with van der Waals surface area (Å²) in [5.41, 5.74) is 0.553. The van der Waals surface area contributed by atoms with Crippen molar-refractivity contribution in [2.45, 2.75) is 30.8 Å². The molecule has 1 heterocycles. The van der Waals surface area contributed by atoms with Gasteiger partial charge in [-0.1, -0.05) is 0 Å². The van der Waals surface area contributed by atoms with Crippen molar-refractivity contribution in [1.29, 1.82) is 0 Å². The zero-order valence-corrected chi connectivity index (χ0v) is 18.8. The predicted molar refractivity (Wildman–Crippen MR) is 117 cm³/mol. The number of halogens is 2. The third-order valence-electron chi connectivity index (χ3n) is 4.54. The van der Waals surface area contributed by atoms with Gasteiger partial charge in [0.05, 0.1) is 23.4 Å². The van der Waals surface area contributed by atoms with Crippen LogP contribution in [0.3, 0.4) is 0 Å². The average molecular weight is 519 g/mol. The third kappa shape index (κ3) is 4.69. The Morgan fingerprint density at radius 1 is 1.18 bits per heavy atom. The van der Waals surface area contributed by atoms with Crippen LogP contribution < -0.4 is 19.7 Å². The summed E-state index contributed by atoms with van der Waals surface area (Å²) in [4.78, 5) is 2.15. The fourth-order valence-corrected chi connectivity index (χ4v) is 4.79. The number of hydrogen-bond acceptors (Lipinski definition) is 5. The SMILES string of the molecule is COc1cc(F)c(NS(=O)(=O)c2ccc(I)cc2)cc1N1C[C@@H](C)N[C@@H](C)C1. The first-order chi connectivity index (χ1) is 13.2. The zero-order valence-electron chi connectivity index (χ0n) is 15.9. The molecule has 1 fully saturated rings. The molecule has 1 aliphatic heterocycles. The van der Waals surface area contributed by atoms with Crippen molar-refractivity contribution in [2.75, 3.05) is 29.8 Å². The molecular weight excluding hydrogens is 496 g/mol. The highest BCUT2D eigenvalue weighted by molar-refractivity contribution is 14.1. The fraction of sp³-hybridized carbons (Fsp3) is 0.368. The molecule has 3 rings (SSSR count). The summed E-state index contributed by atoms with van der Waals surface area (Å²) in [6, 6.07) is 9.57. The van der Waals surface area contributed by atoms with Gasteiger partial charge in [-0.15, -0.1) is 0 Å². The predicted octanol–water partition coefficient (Wildman–Crippen LogP) is 3.43. The number of benzene rings is 2. The lowest BCUT2D eigenvalue weighted by Gasteiger charge is -2.38. The topological polar surface area (TPSA) is 70.7 Å². The normalized spacial score (nSPS) is 20.1. The maximum atomic E-state index is 14.6. The molecular formula is C19H23FIN3O3S. The Kier molecular flexibility index (Phi) is 6.35. The Hall–Kier alpha value is -1.59. The second kappa shape index (κ2) is 8.42. The second-order valence-electron chi connectivity index (χ2n) is 6.94. The van der Waals surface area contributed by atoms with Crippen LogP contribution in [0.5, 0.6) is 5.75 Å². The van der Waals surface area contributed by atoms with Gasteiger partial charge in [0, 0.05) is 34.8 Å². The highest BCUT2D eigenvalue weighted by Gasteiger charge is 2.26. The van der Waals surface area contributed by atoms with Gasteiger partial charge in [0.25, 0.3) is 10.0 Å². The Morgan fingerprint density at radius 3 is 2.36 bits per heavy atom. The van der Waals surface area contributed by atoms with Gasteiger partial charge in [-0.25, -0.2) is 12.8 Å². The van der Waals surface area contributed by atoms with Gasteiger partial charge < -0.3 is 15.0 Å². The van der Waals surface area contributed by atoms with Crippen LogP contribution in [-0.2, 0) is 10.0 Å². The van der Waals surface area contributed by atoms with E-state index in [0.29, 0.717) is 24.5 Å². The van der Waals surface area contributed by atoms with E-state index < -0.39 is 15.8 Å². The molecule has 2 aromatic carbocycles. The van der Waals surface area contributed by atoms with Gasteiger partial charge in [0.2, 0.25) is 0 Å². The first kappa shape index (κ1) is 21.1. The molecule has 1 saturated heterocycles. The van der Waals surface area contributed by atoms with Crippen molar-refractivity contribution in [1.82, 2.24) is 5.32 Å². The average Bonchev–Trinajstić information content (AvgIpc) is 2.62. The Balaban J connectivity index is 1.96. The second-order valence-corrected chi connectivity index (χ2v) is 9.87. The smallest absolute Gasteiger partial charge is 0.261 e. The van der Waals surface area contributed by atoms with Crippen LogP contribution in [0.15, 0.2) is 41.3 Å². The maximum absolute atomic E-state index is 14.6. The molecule has 28 heavy (non-hydrogen) atoms. The van der Waals surface area contributed by atoms with E-state index in [0.717, 1.165) is 3.57 Å². The molecule has 0 aromatic heterocycles. The summed E-state index contributed by atoms with van der Waals surface area (Å²) in [5, 5.41) is 3.44. The summed E-state index contributed by atoms with van der Waals surface area (Å²) in [6.07, 6.45) is 0. The van der Waals surface area contributed by atoms with Crippen LogP contribution in [0.1, 0.15) is 13.8 Å². The minimum absolute atomic E-state index is 0.0779. The van der Waals surface area contributed by atoms with E-state index in [9.17, 15) is 12.8 Å². The summed E-state index contributed by atoms with van der Waals surface area (Å²) >= 11 is 2.09. The molecule has 152 valence electrons. The lowest BCUT2D eigenvalue weighted by molar-refractivity contribution is 0.389. The Labute approximate surface area is 178 Å². The van der Waals surface area contributed by atoms with Crippen LogP contribution in [0, 0.1) is 9.39 Å². The molecule has 0 spiro atoms. The van der Waals surface area contributed by atoms with Crippen LogP contribution in [-0.4, -0.2) is 40.7 Å². The van der Waals surface area contributed by atoms with Gasteiger partial charge in [-0.05, 0) is 66.8 Å². The lowest BCUT2D eigenvalue weighted by Crippen LogP contribution is -2.54. The molecule has 9 heteroatoms. The summed E-state index contributed by atoms with van der Waals surface area (Å²) < 4.78 is 48.6. The Bertz CT molecular complexity index is 944. The number of methoxy groups -OCH3 is 1. The number of nitrogens with zero attached hydrogens (tertiary/aromatic N) is 1. The molecule has 0 amide bonds. The fourth-order valence-electron chi connectivity index (χ4n) is 3.37. The van der Waals surface area contributed by atoms with Crippen LogP contribution >= 0.6 is 22.6 Å².